The summed E-state index contributed by atoms with van der Waals surface area (Å²) in [5.74, 6) is 0. The van der Waals surface area contributed by atoms with Crippen molar-refractivity contribution in [3.8, 4) is 0 Å². The highest BCUT2D eigenvalue weighted by molar-refractivity contribution is 7.90. The normalized spacial score (nSPS) is 14.0. The predicted molar refractivity (Wildman–Crippen MR) is 113 cm³/mol. The van der Waals surface area contributed by atoms with Gasteiger partial charge in [0.2, 0.25) is 20.0 Å². The molecule has 0 bridgehead atoms. The number of hydrogen-bond donors (Lipinski definition) is 3. The molecule has 1 aromatic carbocycles. The second kappa shape index (κ2) is 10.7. The zero-order valence-corrected chi connectivity index (χ0v) is 19.3. The van der Waals surface area contributed by atoms with E-state index in [-0.39, 0.29) is 33.5 Å². The summed E-state index contributed by atoms with van der Waals surface area (Å²) in [6, 6.07) is 3.81. The van der Waals surface area contributed by atoms with Gasteiger partial charge in [-0.3, -0.25) is 0 Å². The van der Waals surface area contributed by atoms with Crippen LogP contribution in [-0.4, -0.2) is 56.9 Å². The quantitative estimate of drug-likeness (QED) is 0.413. The third-order valence-electron chi connectivity index (χ3n) is 4.51. The lowest BCUT2D eigenvalue weighted by molar-refractivity contribution is 0.101. The van der Waals surface area contributed by atoms with Crippen LogP contribution >= 0.6 is 0 Å². The van der Waals surface area contributed by atoms with Gasteiger partial charge in [0.05, 0.1) is 23.3 Å². The Morgan fingerprint density at radius 1 is 1.17 bits per heavy atom. The van der Waals surface area contributed by atoms with Gasteiger partial charge in [-0.25, -0.2) is 26.7 Å². The molecule has 0 aliphatic rings. The van der Waals surface area contributed by atoms with Crippen LogP contribution in [0.4, 0.5) is 5.69 Å². The largest absolute Gasteiger partial charge is 0.384 e. The van der Waals surface area contributed by atoms with Gasteiger partial charge in [0.1, 0.15) is 4.90 Å². The molecule has 0 aliphatic carbocycles. The van der Waals surface area contributed by atoms with E-state index in [1.807, 2.05) is 20.8 Å². The first kappa shape index (κ1) is 25.8. The predicted octanol–water partition coefficient (Wildman–Crippen LogP) is 1.51. The van der Waals surface area contributed by atoms with Gasteiger partial charge in [0.25, 0.3) is 0 Å². The number of benzene rings is 1. The Labute approximate surface area is 174 Å². The van der Waals surface area contributed by atoms with Crippen LogP contribution in [0.2, 0.25) is 0 Å². The standard InChI is InChI=1S/C18H33N3O6S2/c1-6-14(27-5)12-21-29(24,25)15-7-8-16(17(11-15)28(19,22)23)20-10-9-18(2,3)13-26-4/h7-8,11,14,20-21H,6,9-10,12-13H2,1-5H3,(H2,19,22,23). The lowest BCUT2D eigenvalue weighted by atomic mass is 9.90. The van der Waals surface area contributed by atoms with Crippen molar-refractivity contribution in [1.82, 2.24) is 4.72 Å². The van der Waals surface area contributed by atoms with Crippen molar-refractivity contribution in [2.75, 3.05) is 39.2 Å². The lowest BCUT2D eigenvalue weighted by Crippen LogP contribution is -2.33. The molecule has 4 N–H and O–H groups in total. The Balaban J connectivity index is 3.06. The summed E-state index contributed by atoms with van der Waals surface area (Å²) in [6.45, 7) is 7.03. The Hall–Kier alpha value is -1.24. The van der Waals surface area contributed by atoms with Gasteiger partial charge in [0.15, 0.2) is 0 Å². The highest BCUT2D eigenvalue weighted by atomic mass is 32.2. The van der Waals surface area contributed by atoms with Crippen molar-refractivity contribution in [2.24, 2.45) is 10.6 Å². The van der Waals surface area contributed by atoms with Crippen molar-refractivity contribution in [2.45, 2.75) is 49.5 Å². The van der Waals surface area contributed by atoms with E-state index in [9.17, 15) is 16.8 Å². The molecule has 168 valence electrons. The van der Waals surface area contributed by atoms with Crippen molar-refractivity contribution in [3.63, 3.8) is 0 Å². The van der Waals surface area contributed by atoms with Crippen LogP contribution in [0.1, 0.15) is 33.6 Å². The summed E-state index contributed by atoms with van der Waals surface area (Å²) in [4.78, 5) is -0.457. The minimum absolute atomic E-state index is 0.0780. The second-order valence-electron chi connectivity index (χ2n) is 7.59. The molecule has 0 radical (unpaired) electrons. The van der Waals surface area contributed by atoms with Crippen molar-refractivity contribution in [3.05, 3.63) is 18.2 Å². The summed E-state index contributed by atoms with van der Waals surface area (Å²) in [6.07, 6.45) is 1.06. The molecule has 0 aromatic heterocycles. The van der Waals surface area contributed by atoms with E-state index in [0.717, 1.165) is 6.07 Å². The molecule has 1 rings (SSSR count). The third kappa shape index (κ3) is 8.19. The molecular weight excluding hydrogens is 418 g/mol. The van der Waals surface area contributed by atoms with Crippen LogP contribution in [0.25, 0.3) is 0 Å². The van der Waals surface area contributed by atoms with Gasteiger partial charge in [-0.15, -0.1) is 0 Å². The fourth-order valence-corrected chi connectivity index (χ4v) is 4.63. The first-order valence-corrected chi connectivity index (χ1v) is 12.3. The molecule has 1 unspecified atom stereocenters. The minimum Gasteiger partial charge on any atom is -0.384 e. The molecular formula is C18H33N3O6S2. The fraction of sp³-hybridized carbons (Fsp3) is 0.667. The van der Waals surface area contributed by atoms with Crippen molar-refractivity contribution >= 4 is 25.7 Å². The maximum absolute atomic E-state index is 12.5. The van der Waals surface area contributed by atoms with Crippen LogP contribution in [0.15, 0.2) is 28.0 Å². The molecule has 0 aliphatic heterocycles. The zero-order chi connectivity index (χ0) is 22.3. The van der Waals surface area contributed by atoms with Gasteiger partial charge in [0, 0.05) is 27.3 Å². The summed E-state index contributed by atoms with van der Waals surface area (Å²) < 4.78 is 61.9. The van der Waals surface area contributed by atoms with E-state index < -0.39 is 20.0 Å². The fourth-order valence-electron chi connectivity index (χ4n) is 2.73. The average Bonchev–Trinajstić information content (AvgIpc) is 2.61. The van der Waals surface area contributed by atoms with Crippen LogP contribution in [0.3, 0.4) is 0 Å². The van der Waals surface area contributed by atoms with Gasteiger partial charge in [-0.2, -0.15) is 0 Å². The molecule has 0 fully saturated rings. The molecule has 9 nitrogen and oxygen atoms in total. The van der Waals surface area contributed by atoms with Crippen LogP contribution in [-0.2, 0) is 29.5 Å². The summed E-state index contributed by atoms with van der Waals surface area (Å²) in [5, 5.41) is 8.35. The van der Waals surface area contributed by atoms with E-state index >= 15 is 0 Å². The van der Waals surface area contributed by atoms with Crippen molar-refractivity contribution < 1.29 is 26.3 Å². The van der Waals surface area contributed by atoms with Gasteiger partial charge in [-0.05, 0) is 36.5 Å². The maximum Gasteiger partial charge on any atom is 0.240 e. The first-order valence-electron chi connectivity index (χ1n) is 9.28. The van der Waals surface area contributed by atoms with Gasteiger partial charge >= 0.3 is 0 Å². The number of methoxy groups -OCH3 is 2. The SMILES string of the molecule is CCC(CNS(=O)(=O)c1ccc(NCCC(C)(C)COC)c(S(N)(=O)=O)c1)OC. The molecule has 0 amide bonds. The van der Waals surface area contributed by atoms with E-state index in [4.69, 9.17) is 14.6 Å². The molecule has 29 heavy (non-hydrogen) atoms. The Morgan fingerprint density at radius 3 is 2.34 bits per heavy atom. The lowest BCUT2D eigenvalue weighted by Gasteiger charge is -2.24. The maximum atomic E-state index is 12.5. The van der Waals surface area contributed by atoms with Gasteiger partial charge < -0.3 is 14.8 Å². The highest BCUT2D eigenvalue weighted by Crippen LogP contribution is 2.26. The molecule has 0 spiro atoms. The number of nitrogens with one attached hydrogen (secondary N) is 2. The highest BCUT2D eigenvalue weighted by Gasteiger charge is 2.22. The molecule has 0 saturated carbocycles. The number of primary sulfonamides is 1. The molecule has 1 atom stereocenters. The molecule has 0 heterocycles. The van der Waals surface area contributed by atoms with Crippen LogP contribution in [0, 0.1) is 5.41 Å². The number of sulfonamides is 2. The molecule has 1 aromatic rings. The number of hydrogen-bond acceptors (Lipinski definition) is 7. The van der Waals surface area contributed by atoms with Crippen molar-refractivity contribution in [1.29, 1.82) is 0 Å². The zero-order valence-electron chi connectivity index (χ0n) is 17.7. The summed E-state index contributed by atoms with van der Waals surface area (Å²) >= 11 is 0. The van der Waals surface area contributed by atoms with E-state index in [1.165, 1.54) is 19.2 Å². The Bertz CT molecular complexity index is 866. The monoisotopic (exact) mass is 451 g/mol. The molecule has 11 heteroatoms. The Kier molecular flexibility index (Phi) is 9.51. The average molecular weight is 452 g/mol. The number of ether oxygens (including phenoxy) is 2. The number of nitrogens with two attached hydrogens (primary N) is 1. The van der Waals surface area contributed by atoms with Crippen LogP contribution in [0.5, 0.6) is 0 Å². The van der Waals surface area contributed by atoms with E-state index in [0.29, 0.717) is 26.0 Å². The third-order valence-corrected chi connectivity index (χ3v) is 6.88. The minimum atomic E-state index is -4.14. The summed E-state index contributed by atoms with van der Waals surface area (Å²) in [7, 11) is -4.94. The first-order chi connectivity index (χ1) is 13.4. The van der Waals surface area contributed by atoms with E-state index in [2.05, 4.69) is 10.0 Å². The summed E-state index contributed by atoms with van der Waals surface area (Å²) in [5.41, 5.74) is 0.149. The Morgan fingerprint density at radius 2 is 1.83 bits per heavy atom. The topological polar surface area (TPSA) is 137 Å². The molecule has 0 saturated heterocycles. The van der Waals surface area contributed by atoms with E-state index in [1.54, 1.807) is 7.11 Å². The number of anilines is 1. The number of rotatable bonds is 13. The van der Waals surface area contributed by atoms with Crippen LogP contribution < -0.4 is 15.2 Å². The smallest absolute Gasteiger partial charge is 0.240 e. The van der Waals surface area contributed by atoms with Gasteiger partial charge in [-0.1, -0.05) is 20.8 Å². The second-order valence-corrected chi connectivity index (χ2v) is 10.9.